The quantitative estimate of drug-likeness (QED) is 0.691. The smallest absolute Gasteiger partial charge is 0.383 e. The molecule has 0 saturated heterocycles. The highest BCUT2D eigenvalue weighted by Gasteiger charge is 2.37. The Hall–Kier alpha value is -0.330. The molecule has 0 aromatic carbocycles. The largest absolute Gasteiger partial charge is 0.415 e. The van der Waals surface area contributed by atoms with Gasteiger partial charge in [-0.1, -0.05) is 13.3 Å². The number of halogens is 3. The fourth-order valence-electron chi connectivity index (χ4n) is 1.19. The van der Waals surface area contributed by atoms with Gasteiger partial charge in [0, 0.05) is 19.7 Å². The summed E-state index contributed by atoms with van der Waals surface area (Å²) < 4.78 is 40.7. The van der Waals surface area contributed by atoms with E-state index in [0.29, 0.717) is 6.61 Å². The molecule has 0 aliphatic carbocycles. The fourth-order valence-corrected chi connectivity index (χ4v) is 1.19. The lowest BCUT2D eigenvalue weighted by Crippen LogP contribution is -2.43. The van der Waals surface area contributed by atoms with Crippen molar-refractivity contribution in [3.05, 3.63) is 0 Å². The summed E-state index contributed by atoms with van der Waals surface area (Å²) >= 11 is 0. The highest BCUT2D eigenvalue weighted by Crippen LogP contribution is 2.19. The molecule has 0 rings (SSSR count). The molecule has 0 aliphatic rings. The molecule has 0 saturated carbocycles. The van der Waals surface area contributed by atoms with Gasteiger partial charge in [0.2, 0.25) is 0 Å². The number of nitrogens with one attached hydrogen (secondary N) is 1. The van der Waals surface area contributed by atoms with Gasteiger partial charge >= 0.3 is 6.18 Å². The van der Waals surface area contributed by atoms with E-state index < -0.39 is 18.8 Å². The van der Waals surface area contributed by atoms with Crippen molar-refractivity contribution in [2.75, 3.05) is 20.3 Å². The number of aliphatic hydroxyl groups excluding tert-OH is 1. The molecule has 0 radical (unpaired) electrons. The van der Waals surface area contributed by atoms with Crippen LogP contribution < -0.4 is 5.32 Å². The van der Waals surface area contributed by atoms with Crippen LogP contribution in [0.1, 0.15) is 19.8 Å². The first-order valence-electron chi connectivity index (χ1n) is 4.88. The maximum atomic E-state index is 12.0. The molecule has 0 bridgehead atoms. The van der Waals surface area contributed by atoms with Crippen LogP contribution in [0.25, 0.3) is 0 Å². The van der Waals surface area contributed by atoms with Gasteiger partial charge in [0.25, 0.3) is 0 Å². The molecule has 0 aliphatic heterocycles. The Kier molecular flexibility index (Phi) is 6.87. The zero-order valence-corrected chi connectivity index (χ0v) is 8.97. The fraction of sp³-hybridized carbons (Fsp3) is 1.00. The van der Waals surface area contributed by atoms with Crippen LogP contribution in [0.15, 0.2) is 0 Å². The number of rotatable bonds is 7. The standard InChI is InChI=1S/C9H18F3NO2/c1-3-4-7(6-15-2)13-5-8(14)9(10,11)12/h7-8,13-14H,3-6H2,1-2H3. The van der Waals surface area contributed by atoms with Crippen LogP contribution in [0, 0.1) is 0 Å². The van der Waals surface area contributed by atoms with Crippen molar-refractivity contribution in [2.24, 2.45) is 0 Å². The predicted molar refractivity (Wildman–Crippen MR) is 50.6 cm³/mol. The molecule has 2 atom stereocenters. The van der Waals surface area contributed by atoms with Crippen molar-refractivity contribution < 1.29 is 23.0 Å². The summed E-state index contributed by atoms with van der Waals surface area (Å²) in [7, 11) is 1.49. The number of ether oxygens (including phenoxy) is 1. The van der Waals surface area contributed by atoms with E-state index in [1.165, 1.54) is 7.11 Å². The van der Waals surface area contributed by atoms with Crippen molar-refractivity contribution in [2.45, 2.75) is 38.1 Å². The van der Waals surface area contributed by atoms with Crippen LogP contribution in [-0.4, -0.2) is 43.7 Å². The van der Waals surface area contributed by atoms with E-state index in [0.717, 1.165) is 12.8 Å². The summed E-state index contributed by atoms with van der Waals surface area (Å²) in [6.45, 7) is 1.79. The average molecular weight is 229 g/mol. The van der Waals surface area contributed by atoms with Gasteiger partial charge in [-0.3, -0.25) is 0 Å². The van der Waals surface area contributed by atoms with Gasteiger partial charge in [-0.15, -0.1) is 0 Å². The minimum absolute atomic E-state index is 0.142. The second kappa shape index (κ2) is 7.03. The van der Waals surface area contributed by atoms with E-state index in [2.05, 4.69) is 5.32 Å². The molecule has 0 aromatic heterocycles. The van der Waals surface area contributed by atoms with E-state index in [4.69, 9.17) is 9.84 Å². The number of methoxy groups -OCH3 is 1. The first-order valence-corrected chi connectivity index (χ1v) is 4.88. The van der Waals surface area contributed by atoms with E-state index in [9.17, 15) is 13.2 Å². The second-order valence-electron chi connectivity index (χ2n) is 3.41. The number of alkyl halides is 3. The lowest BCUT2D eigenvalue weighted by atomic mass is 10.1. The van der Waals surface area contributed by atoms with Crippen LogP contribution >= 0.6 is 0 Å². The Morgan fingerprint density at radius 3 is 2.40 bits per heavy atom. The summed E-state index contributed by atoms with van der Waals surface area (Å²) in [6.07, 6.45) is -5.30. The number of hydrogen-bond donors (Lipinski definition) is 2. The Morgan fingerprint density at radius 2 is 2.00 bits per heavy atom. The van der Waals surface area contributed by atoms with Crippen LogP contribution in [0.2, 0.25) is 0 Å². The summed E-state index contributed by atoms with van der Waals surface area (Å²) in [6, 6.07) is -0.142. The monoisotopic (exact) mass is 229 g/mol. The molecule has 0 aromatic rings. The SMILES string of the molecule is CCCC(COC)NCC(O)C(F)(F)F. The van der Waals surface area contributed by atoms with Crippen LogP contribution in [-0.2, 0) is 4.74 Å². The van der Waals surface area contributed by atoms with Crippen LogP contribution in [0.3, 0.4) is 0 Å². The van der Waals surface area contributed by atoms with Gasteiger partial charge in [-0.25, -0.2) is 0 Å². The normalized spacial score (nSPS) is 16.4. The lowest BCUT2D eigenvalue weighted by Gasteiger charge is -2.20. The Balaban J connectivity index is 3.87. The van der Waals surface area contributed by atoms with E-state index in [-0.39, 0.29) is 6.04 Å². The minimum Gasteiger partial charge on any atom is -0.383 e. The summed E-state index contributed by atoms with van der Waals surface area (Å²) in [5, 5.41) is 11.4. The maximum absolute atomic E-state index is 12.0. The Bertz CT molecular complexity index is 158. The van der Waals surface area contributed by atoms with Gasteiger partial charge in [-0.05, 0) is 6.42 Å². The molecule has 3 nitrogen and oxygen atoms in total. The van der Waals surface area contributed by atoms with Crippen LogP contribution in [0.5, 0.6) is 0 Å². The first-order chi connectivity index (χ1) is 6.91. The summed E-state index contributed by atoms with van der Waals surface area (Å²) in [5.74, 6) is 0. The molecule has 0 spiro atoms. The summed E-state index contributed by atoms with van der Waals surface area (Å²) in [5.41, 5.74) is 0. The van der Waals surface area contributed by atoms with E-state index >= 15 is 0 Å². The topological polar surface area (TPSA) is 41.5 Å². The molecule has 0 fully saturated rings. The molecular formula is C9H18F3NO2. The van der Waals surface area contributed by atoms with Crippen molar-refractivity contribution >= 4 is 0 Å². The number of hydrogen-bond acceptors (Lipinski definition) is 3. The zero-order chi connectivity index (χ0) is 11.9. The third-order valence-corrected chi connectivity index (χ3v) is 1.98. The molecule has 0 heterocycles. The van der Waals surface area contributed by atoms with Gasteiger partial charge in [0.1, 0.15) is 0 Å². The average Bonchev–Trinajstić information content (AvgIpc) is 2.12. The predicted octanol–water partition coefficient (Wildman–Crippen LogP) is 1.31. The van der Waals surface area contributed by atoms with Gasteiger partial charge in [0.05, 0.1) is 6.61 Å². The molecule has 92 valence electrons. The highest BCUT2D eigenvalue weighted by molar-refractivity contribution is 4.72. The molecule has 0 amide bonds. The van der Waals surface area contributed by atoms with E-state index in [1.807, 2.05) is 6.92 Å². The van der Waals surface area contributed by atoms with E-state index in [1.54, 1.807) is 0 Å². The van der Waals surface area contributed by atoms with Crippen molar-refractivity contribution in [3.63, 3.8) is 0 Å². The van der Waals surface area contributed by atoms with Crippen molar-refractivity contribution in [1.29, 1.82) is 0 Å². The molecule has 2 N–H and O–H groups in total. The minimum atomic E-state index is -4.56. The van der Waals surface area contributed by atoms with Crippen molar-refractivity contribution in [3.8, 4) is 0 Å². The third kappa shape index (κ3) is 6.70. The van der Waals surface area contributed by atoms with Crippen molar-refractivity contribution in [1.82, 2.24) is 5.32 Å². The lowest BCUT2D eigenvalue weighted by molar-refractivity contribution is -0.202. The van der Waals surface area contributed by atoms with Gasteiger partial charge in [0.15, 0.2) is 6.10 Å². The zero-order valence-electron chi connectivity index (χ0n) is 8.97. The molecule has 15 heavy (non-hydrogen) atoms. The Morgan fingerprint density at radius 1 is 1.40 bits per heavy atom. The maximum Gasteiger partial charge on any atom is 0.415 e. The highest BCUT2D eigenvalue weighted by atomic mass is 19.4. The molecule has 2 unspecified atom stereocenters. The second-order valence-corrected chi connectivity index (χ2v) is 3.41. The third-order valence-electron chi connectivity index (χ3n) is 1.98. The van der Waals surface area contributed by atoms with Crippen LogP contribution in [0.4, 0.5) is 13.2 Å². The first kappa shape index (κ1) is 14.7. The number of aliphatic hydroxyl groups is 1. The molecule has 6 heteroatoms. The Labute approximate surface area is 87.6 Å². The molecular weight excluding hydrogens is 211 g/mol. The van der Waals surface area contributed by atoms with Gasteiger partial charge < -0.3 is 15.2 Å². The summed E-state index contributed by atoms with van der Waals surface area (Å²) in [4.78, 5) is 0. The van der Waals surface area contributed by atoms with Gasteiger partial charge in [-0.2, -0.15) is 13.2 Å².